The van der Waals surface area contributed by atoms with Gasteiger partial charge in [-0.1, -0.05) is 0 Å². The van der Waals surface area contributed by atoms with Crippen LogP contribution in [-0.2, 0) is 8.85 Å². The van der Waals surface area contributed by atoms with E-state index in [1.54, 1.807) is 14.2 Å². The van der Waals surface area contributed by atoms with Crippen molar-refractivity contribution in [3.05, 3.63) is 60.7 Å². The summed E-state index contributed by atoms with van der Waals surface area (Å²) in [6.07, 6.45) is 0. The molecule has 0 radical (unpaired) electrons. The molecule has 0 aliphatic rings. The fourth-order valence-corrected chi connectivity index (χ4v) is 5.37. The molecule has 0 saturated carbocycles. The Kier molecular flexibility index (Phi) is 3.74. The summed E-state index contributed by atoms with van der Waals surface area (Å²) in [6.45, 7) is 0. The Hall–Kier alpha value is -1.42. The van der Waals surface area contributed by atoms with E-state index in [1.165, 1.54) is 0 Å². The van der Waals surface area contributed by atoms with Gasteiger partial charge >= 0.3 is 103 Å². The molecule has 0 aromatic heterocycles. The molecule has 0 aliphatic heterocycles. The van der Waals surface area contributed by atoms with Crippen LogP contribution in [0.4, 0.5) is 0 Å². The van der Waals surface area contributed by atoms with Gasteiger partial charge in [0.15, 0.2) is 0 Å². The van der Waals surface area contributed by atoms with Crippen molar-refractivity contribution >= 4 is 18.9 Å². The summed E-state index contributed by atoms with van der Waals surface area (Å²) in [5.41, 5.74) is 0. The molecule has 2 rings (SSSR count). The van der Waals surface area contributed by atoms with Crippen LogP contribution in [0.1, 0.15) is 0 Å². The third kappa shape index (κ3) is 2.17. The fourth-order valence-electron chi connectivity index (χ4n) is 2.25. The molecular formula is C14H17O2Si-. The molecule has 0 bridgehead atoms. The van der Waals surface area contributed by atoms with Crippen LogP contribution in [0.15, 0.2) is 60.7 Å². The molecule has 0 heterocycles. The molecule has 2 nitrogen and oxygen atoms in total. The molecule has 0 amide bonds. The molecule has 17 heavy (non-hydrogen) atoms. The second-order valence-electron chi connectivity index (χ2n) is 4.00. The van der Waals surface area contributed by atoms with Gasteiger partial charge in [0.1, 0.15) is 0 Å². The monoisotopic (exact) mass is 245 g/mol. The van der Waals surface area contributed by atoms with Crippen LogP contribution in [0.3, 0.4) is 0 Å². The maximum atomic E-state index is 5.80. The van der Waals surface area contributed by atoms with E-state index >= 15 is 0 Å². The van der Waals surface area contributed by atoms with Gasteiger partial charge in [-0.2, -0.15) is 0 Å². The summed E-state index contributed by atoms with van der Waals surface area (Å²) in [4.78, 5) is 0. The molecule has 2 aromatic carbocycles. The van der Waals surface area contributed by atoms with Crippen molar-refractivity contribution in [2.75, 3.05) is 14.2 Å². The minimum atomic E-state index is -2.83. The Bertz CT molecular complexity index is 411. The van der Waals surface area contributed by atoms with Gasteiger partial charge in [-0.25, -0.2) is 0 Å². The van der Waals surface area contributed by atoms with Crippen LogP contribution in [0.25, 0.3) is 0 Å². The number of benzene rings is 2. The van der Waals surface area contributed by atoms with Crippen LogP contribution in [0.2, 0.25) is 0 Å². The van der Waals surface area contributed by atoms with Crippen LogP contribution >= 0.6 is 0 Å². The summed E-state index contributed by atoms with van der Waals surface area (Å²) >= 11 is 0. The summed E-state index contributed by atoms with van der Waals surface area (Å²) in [5.74, 6) is 0. The standard InChI is InChI=1S/C14H17O2Si/c1-15-17(16-2,13-9-5-3-6-10-13)14-11-7-4-8-12-14/h3-12,17H,1-2H3/q-1. The third-order valence-electron chi connectivity index (χ3n) is 3.14. The quantitative estimate of drug-likeness (QED) is 0.755. The Morgan fingerprint density at radius 3 is 1.29 bits per heavy atom. The zero-order chi connectivity index (χ0) is 12.1. The van der Waals surface area contributed by atoms with Crippen LogP contribution < -0.4 is 10.4 Å². The van der Waals surface area contributed by atoms with Gasteiger partial charge in [0, 0.05) is 0 Å². The zero-order valence-electron chi connectivity index (χ0n) is 10.2. The van der Waals surface area contributed by atoms with Crippen LogP contribution in [0.5, 0.6) is 0 Å². The van der Waals surface area contributed by atoms with E-state index < -0.39 is 8.56 Å². The number of hydrogen-bond acceptors (Lipinski definition) is 2. The van der Waals surface area contributed by atoms with Crippen molar-refractivity contribution < 1.29 is 8.85 Å². The van der Waals surface area contributed by atoms with Gasteiger partial charge in [0.25, 0.3) is 0 Å². The minimum absolute atomic E-state index is 1.15. The third-order valence-corrected chi connectivity index (χ3v) is 6.99. The molecule has 3 heteroatoms. The molecule has 0 saturated heterocycles. The Morgan fingerprint density at radius 2 is 1.00 bits per heavy atom. The molecule has 0 fully saturated rings. The van der Waals surface area contributed by atoms with Crippen LogP contribution in [0, 0.1) is 0 Å². The summed E-state index contributed by atoms with van der Waals surface area (Å²) in [7, 11) is 0.632. The molecular weight excluding hydrogens is 228 g/mol. The summed E-state index contributed by atoms with van der Waals surface area (Å²) < 4.78 is 11.6. The normalized spacial score (nSPS) is 12.4. The van der Waals surface area contributed by atoms with E-state index in [4.69, 9.17) is 8.85 Å². The van der Waals surface area contributed by atoms with Gasteiger partial charge in [-0.3, -0.25) is 0 Å². The van der Waals surface area contributed by atoms with Crippen LogP contribution in [-0.4, -0.2) is 22.8 Å². The Morgan fingerprint density at radius 1 is 0.647 bits per heavy atom. The van der Waals surface area contributed by atoms with E-state index in [9.17, 15) is 0 Å². The van der Waals surface area contributed by atoms with E-state index in [0.29, 0.717) is 0 Å². The summed E-state index contributed by atoms with van der Waals surface area (Å²) in [6, 6.07) is 20.4. The van der Waals surface area contributed by atoms with Crippen molar-refractivity contribution in [3.63, 3.8) is 0 Å². The van der Waals surface area contributed by atoms with Crippen molar-refractivity contribution in [1.29, 1.82) is 0 Å². The van der Waals surface area contributed by atoms with Gasteiger partial charge in [0.2, 0.25) is 0 Å². The van der Waals surface area contributed by atoms with Gasteiger partial charge < -0.3 is 0 Å². The first-order chi connectivity index (χ1) is 8.33. The maximum absolute atomic E-state index is 5.80. The first-order valence-corrected chi connectivity index (χ1v) is 7.78. The predicted molar refractivity (Wildman–Crippen MR) is 73.3 cm³/mol. The second kappa shape index (κ2) is 5.27. The molecule has 0 unspecified atom stereocenters. The topological polar surface area (TPSA) is 18.5 Å². The second-order valence-corrected chi connectivity index (χ2v) is 7.70. The predicted octanol–water partition coefficient (Wildman–Crippen LogP) is 1.27. The molecule has 0 aliphatic carbocycles. The van der Waals surface area contributed by atoms with Gasteiger partial charge in [-0.15, -0.1) is 0 Å². The SMILES string of the molecule is CO[SiH-](OC)(c1ccccc1)c1ccccc1. The summed E-state index contributed by atoms with van der Waals surface area (Å²) in [5, 5.41) is 2.30. The van der Waals surface area contributed by atoms with Gasteiger partial charge in [0.05, 0.1) is 0 Å². The first kappa shape index (κ1) is 12.0. The van der Waals surface area contributed by atoms with E-state index in [0.717, 1.165) is 10.4 Å². The molecule has 90 valence electrons. The first-order valence-electron chi connectivity index (χ1n) is 5.69. The average molecular weight is 245 g/mol. The van der Waals surface area contributed by atoms with Gasteiger partial charge in [-0.05, 0) is 0 Å². The van der Waals surface area contributed by atoms with E-state index in [2.05, 4.69) is 24.3 Å². The Labute approximate surface area is 103 Å². The zero-order valence-corrected chi connectivity index (χ0v) is 11.3. The average Bonchev–Trinajstić information content (AvgIpc) is 2.43. The molecule has 0 N–H and O–H groups in total. The molecule has 2 aromatic rings. The van der Waals surface area contributed by atoms with Crippen molar-refractivity contribution in [3.8, 4) is 0 Å². The number of rotatable bonds is 4. The molecule has 0 spiro atoms. The van der Waals surface area contributed by atoms with Crippen molar-refractivity contribution in [2.24, 2.45) is 0 Å². The van der Waals surface area contributed by atoms with Crippen molar-refractivity contribution in [1.82, 2.24) is 0 Å². The number of hydrogen-bond donors (Lipinski definition) is 0. The van der Waals surface area contributed by atoms with Crippen molar-refractivity contribution in [2.45, 2.75) is 0 Å². The Balaban J connectivity index is 2.54. The molecule has 0 atom stereocenters. The van der Waals surface area contributed by atoms with E-state index in [1.807, 2.05) is 36.4 Å². The van der Waals surface area contributed by atoms with E-state index in [-0.39, 0.29) is 0 Å². The fraction of sp³-hybridized carbons (Fsp3) is 0.143.